The molecular weight excluding hydrogens is 252 g/mol. The highest BCUT2D eigenvalue weighted by atomic mass is 16.5. The Morgan fingerprint density at radius 2 is 2.25 bits per heavy atom. The first-order valence-corrected chi connectivity index (χ1v) is 7.40. The van der Waals surface area contributed by atoms with E-state index in [2.05, 4.69) is 5.32 Å². The molecule has 0 saturated heterocycles. The first-order valence-electron chi connectivity index (χ1n) is 7.40. The minimum atomic E-state index is 0.0227. The van der Waals surface area contributed by atoms with Crippen LogP contribution in [0.2, 0.25) is 0 Å². The van der Waals surface area contributed by atoms with Gasteiger partial charge in [-0.05, 0) is 50.8 Å². The van der Waals surface area contributed by atoms with E-state index in [9.17, 15) is 4.79 Å². The van der Waals surface area contributed by atoms with Gasteiger partial charge >= 0.3 is 0 Å². The maximum atomic E-state index is 12.3. The number of nitrogens with one attached hydrogen (secondary N) is 1. The summed E-state index contributed by atoms with van der Waals surface area (Å²) < 4.78 is 5.59. The summed E-state index contributed by atoms with van der Waals surface area (Å²) in [6.07, 6.45) is 3.76. The summed E-state index contributed by atoms with van der Waals surface area (Å²) in [5, 5.41) is 2.99. The van der Waals surface area contributed by atoms with Crippen molar-refractivity contribution in [3.05, 3.63) is 23.8 Å². The number of hydrogen-bond donors (Lipinski definition) is 2. The van der Waals surface area contributed by atoms with Crippen molar-refractivity contribution in [1.82, 2.24) is 0 Å². The summed E-state index contributed by atoms with van der Waals surface area (Å²) in [6, 6.07) is 5.99. The molecule has 1 aliphatic carbocycles. The van der Waals surface area contributed by atoms with Gasteiger partial charge in [0.05, 0.1) is 12.3 Å². The molecule has 0 aromatic heterocycles. The lowest BCUT2D eigenvalue weighted by atomic mass is 9.85. The predicted molar refractivity (Wildman–Crippen MR) is 80.9 cm³/mol. The number of carbonyl (C=O) groups excluding carboxylic acids is 1. The van der Waals surface area contributed by atoms with Crippen molar-refractivity contribution < 1.29 is 9.53 Å². The van der Waals surface area contributed by atoms with E-state index in [-0.39, 0.29) is 17.9 Å². The smallest absolute Gasteiger partial charge is 0.227 e. The van der Waals surface area contributed by atoms with Crippen LogP contribution < -0.4 is 15.8 Å². The molecule has 1 aliphatic rings. The fraction of sp³-hybridized carbons (Fsp3) is 0.562. The Balaban J connectivity index is 2.06. The van der Waals surface area contributed by atoms with Gasteiger partial charge in [-0.15, -0.1) is 0 Å². The van der Waals surface area contributed by atoms with Crippen molar-refractivity contribution in [3.8, 4) is 5.75 Å². The number of amides is 1. The molecule has 1 fully saturated rings. The molecule has 0 heterocycles. The van der Waals surface area contributed by atoms with E-state index < -0.39 is 0 Å². The third-order valence-electron chi connectivity index (χ3n) is 3.78. The number of ether oxygens (including phenoxy) is 1. The van der Waals surface area contributed by atoms with Gasteiger partial charge in [-0.1, -0.05) is 12.5 Å². The van der Waals surface area contributed by atoms with Crippen LogP contribution in [0.3, 0.4) is 0 Å². The lowest BCUT2D eigenvalue weighted by Gasteiger charge is -2.26. The van der Waals surface area contributed by atoms with Crippen LogP contribution in [0, 0.1) is 12.8 Å². The number of aryl methyl sites for hydroxylation is 1. The SMILES string of the molecule is CCOc1cc(C)ccc1NC(=O)C1CCCC(N)C1. The lowest BCUT2D eigenvalue weighted by Crippen LogP contribution is -2.34. The van der Waals surface area contributed by atoms with Gasteiger partial charge < -0.3 is 15.8 Å². The van der Waals surface area contributed by atoms with E-state index in [1.54, 1.807) is 0 Å². The second-order valence-corrected chi connectivity index (χ2v) is 5.55. The average Bonchev–Trinajstić information content (AvgIpc) is 2.42. The van der Waals surface area contributed by atoms with E-state index in [4.69, 9.17) is 10.5 Å². The van der Waals surface area contributed by atoms with Crippen molar-refractivity contribution in [2.75, 3.05) is 11.9 Å². The first kappa shape index (κ1) is 14.9. The third kappa shape index (κ3) is 3.73. The van der Waals surface area contributed by atoms with Crippen molar-refractivity contribution in [3.63, 3.8) is 0 Å². The summed E-state index contributed by atoms with van der Waals surface area (Å²) in [7, 11) is 0. The first-order chi connectivity index (χ1) is 9.60. The van der Waals surface area contributed by atoms with Gasteiger partial charge in [0, 0.05) is 12.0 Å². The van der Waals surface area contributed by atoms with Gasteiger partial charge in [-0.3, -0.25) is 4.79 Å². The van der Waals surface area contributed by atoms with E-state index in [0.717, 1.165) is 42.7 Å². The monoisotopic (exact) mass is 276 g/mol. The summed E-state index contributed by atoms with van der Waals surface area (Å²) in [4.78, 5) is 12.3. The van der Waals surface area contributed by atoms with Gasteiger partial charge in [0.2, 0.25) is 5.91 Å². The Labute approximate surface area is 120 Å². The molecule has 0 bridgehead atoms. The molecule has 2 atom stereocenters. The van der Waals surface area contributed by atoms with Gasteiger partial charge in [-0.2, -0.15) is 0 Å². The fourth-order valence-corrected chi connectivity index (χ4v) is 2.71. The lowest BCUT2D eigenvalue weighted by molar-refractivity contribution is -0.120. The highest BCUT2D eigenvalue weighted by molar-refractivity contribution is 5.94. The number of hydrogen-bond acceptors (Lipinski definition) is 3. The highest BCUT2D eigenvalue weighted by Crippen LogP contribution is 2.29. The zero-order chi connectivity index (χ0) is 14.5. The van der Waals surface area contributed by atoms with Crippen molar-refractivity contribution in [1.29, 1.82) is 0 Å². The van der Waals surface area contributed by atoms with E-state index in [0.29, 0.717) is 6.61 Å². The third-order valence-corrected chi connectivity index (χ3v) is 3.78. The quantitative estimate of drug-likeness (QED) is 0.888. The van der Waals surface area contributed by atoms with Gasteiger partial charge in [0.15, 0.2) is 0 Å². The maximum Gasteiger partial charge on any atom is 0.227 e. The van der Waals surface area contributed by atoms with Crippen LogP contribution in [0.25, 0.3) is 0 Å². The van der Waals surface area contributed by atoms with Crippen molar-refractivity contribution in [2.45, 2.75) is 45.6 Å². The Morgan fingerprint density at radius 3 is 2.95 bits per heavy atom. The summed E-state index contributed by atoms with van der Waals surface area (Å²) >= 11 is 0. The number of anilines is 1. The van der Waals surface area contributed by atoms with Gasteiger partial charge in [0.1, 0.15) is 5.75 Å². The molecule has 4 nitrogen and oxygen atoms in total. The topological polar surface area (TPSA) is 64.3 Å². The van der Waals surface area contributed by atoms with E-state index >= 15 is 0 Å². The summed E-state index contributed by atoms with van der Waals surface area (Å²) in [6.45, 7) is 4.53. The van der Waals surface area contributed by atoms with Crippen LogP contribution in [0.4, 0.5) is 5.69 Å². The molecule has 0 spiro atoms. The molecule has 2 rings (SSSR count). The average molecular weight is 276 g/mol. The number of carbonyl (C=O) groups is 1. The zero-order valence-corrected chi connectivity index (χ0v) is 12.3. The number of benzene rings is 1. The molecule has 20 heavy (non-hydrogen) atoms. The second kappa shape index (κ2) is 6.75. The minimum Gasteiger partial charge on any atom is -0.492 e. The van der Waals surface area contributed by atoms with E-state index in [1.807, 2.05) is 32.0 Å². The van der Waals surface area contributed by atoms with Crippen LogP contribution in [0.15, 0.2) is 18.2 Å². The minimum absolute atomic E-state index is 0.0227. The molecule has 4 heteroatoms. The van der Waals surface area contributed by atoms with Gasteiger partial charge in [-0.25, -0.2) is 0 Å². The molecule has 1 aromatic carbocycles. The summed E-state index contributed by atoms with van der Waals surface area (Å²) in [5.41, 5.74) is 7.82. The molecule has 110 valence electrons. The Morgan fingerprint density at radius 1 is 1.45 bits per heavy atom. The number of rotatable bonds is 4. The number of nitrogens with two attached hydrogens (primary N) is 1. The predicted octanol–water partition coefficient (Wildman–Crippen LogP) is 2.85. The highest BCUT2D eigenvalue weighted by Gasteiger charge is 2.25. The molecule has 0 radical (unpaired) electrons. The second-order valence-electron chi connectivity index (χ2n) is 5.55. The van der Waals surface area contributed by atoms with Crippen LogP contribution in [0.5, 0.6) is 5.75 Å². The van der Waals surface area contributed by atoms with Crippen molar-refractivity contribution >= 4 is 11.6 Å². The Hall–Kier alpha value is -1.55. The van der Waals surface area contributed by atoms with Crippen LogP contribution in [0.1, 0.15) is 38.2 Å². The van der Waals surface area contributed by atoms with Gasteiger partial charge in [0.25, 0.3) is 0 Å². The standard InChI is InChI=1S/C16H24N2O2/c1-3-20-15-9-11(2)7-8-14(15)18-16(19)12-5-4-6-13(17)10-12/h7-9,12-13H,3-6,10,17H2,1-2H3,(H,18,19). The molecule has 3 N–H and O–H groups in total. The summed E-state index contributed by atoms with van der Waals surface area (Å²) in [5.74, 6) is 0.820. The molecule has 2 unspecified atom stereocenters. The molecule has 0 aliphatic heterocycles. The molecule has 1 amide bonds. The molecular formula is C16H24N2O2. The van der Waals surface area contributed by atoms with Crippen LogP contribution in [-0.4, -0.2) is 18.6 Å². The molecule has 1 saturated carbocycles. The Kier molecular flexibility index (Phi) is 5.01. The van der Waals surface area contributed by atoms with Crippen molar-refractivity contribution in [2.24, 2.45) is 11.7 Å². The Bertz CT molecular complexity index is 474. The van der Waals surface area contributed by atoms with Crippen LogP contribution >= 0.6 is 0 Å². The molecule has 1 aromatic rings. The van der Waals surface area contributed by atoms with Crippen LogP contribution in [-0.2, 0) is 4.79 Å². The largest absolute Gasteiger partial charge is 0.492 e. The normalized spacial score (nSPS) is 22.4. The van der Waals surface area contributed by atoms with E-state index in [1.165, 1.54) is 0 Å². The fourth-order valence-electron chi connectivity index (χ4n) is 2.71. The maximum absolute atomic E-state index is 12.3. The zero-order valence-electron chi connectivity index (χ0n) is 12.3.